The van der Waals surface area contributed by atoms with Crippen molar-refractivity contribution in [2.75, 3.05) is 0 Å². The maximum Gasteiger partial charge on any atom is 0.416 e. The van der Waals surface area contributed by atoms with E-state index in [1.807, 2.05) is 0 Å². The van der Waals surface area contributed by atoms with Crippen LogP contribution in [0.4, 0.5) is 13.2 Å². The molecule has 0 saturated heterocycles. The number of nitrogens with one attached hydrogen (secondary N) is 1. The van der Waals surface area contributed by atoms with Gasteiger partial charge in [-0.3, -0.25) is 14.2 Å². The molecule has 1 fully saturated rings. The Hall–Kier alpha value is -3.66. The summed E-state index contributed by atoms with van der Waals surface area (Å²) >= 11 is 0. The summed E-state index contributed by atoms with van der Waals surface area (Å²) in [5.41, 5.74) is -0.931. The molecule has 1 amide bonds. The number of halogens is 3. The molecular formula is C28H27F3N2O4S. The summed E-state index contributed by atoms with van der Waals surface area (Å²) in [6.07, 6.45) is -0.496. The third-order valence-corrected chi connectivity index (χ3v) is 8.69. The molecule has 1 aromatic heterocycles. The first kappa shape index (κ1) is 27.4. The molecule has 38 heavy (non-hydrogen) atoms. The van der Waals surface area contributed by atoms with Crippen LogP contribution in [0.15, 0.2) is 83.0 Å². The van der Waals surface area contributed by atoms with Gasteiger partial charge in [0, 0.05) is 17.9 Å². The first-order valence-corrected chi connectivity index (χ1v) is 13.6. The first-order chi connectivity index (χ1) is 17.9. The fourth-order valence-corrected chi connectivity index (χ4v) is 5.87. The minimum Gasteiger partial charge on any atom is -0.348 e. The van der Waals surface area contributed by atoms with Gasteiger partial charge in [-0.2, -0.15) is 13.2 Å². The van der Waals surface area contributed by atoms with E-state index in [-0.39, 0.29) is 22.7 Å². The molecule has 1 aliphatic carbocycles. The van der Waals surface area contributed by atoms with Crippen LogP contribution in [0, 0.1) is 12.8 Å². The molecule has 1 saturated carbocycles. The second kappa shape index (κ2) is 10.6. The number of hydrogen-bond donors (Lipinski definition) is 1. The minimum atomic E-state index is -4.58. The smallest absolute Gasteiger partial charge is 0.348 e. The molecule has 2 aromatic carbocycles. The lowest BCUT2D eigenvalue weighted by Gasteiger charge is -2.15. The number of rotatable bonds is 9. The molecule has 0 radical (unpaired) electrons. The van der Waals surface area contributed by atoms with Crippen molar-refractivity contribution in [3.8, 4) is 5.69 Å². The maximum atomic E-state index is 13.2. The summed E-state index contributed by atoms with van der Waals surface area (Å²) in [5, 5.41) is 1.97. The van der Waals surface area contributed by atoms with E-state index in [1.54, 1.807) is 19.1 Å². The second-order valence-electron chi connectivity index (χ2n) is 9.40. The molecule has 10 heteroatoms. The number of pyridine rings is 1. The number of hydrogen-bond acceptors (Lipinski definition) is 4. The largest absolute Gasteiger partial charge is 0.416 e. The molecule has 3 aromatic rings. The van der Waals surface area contributed by atoms with Gasteiger partial charge in [-0.15, -0.1) is 6.58 Å². The zero-order chi connectivity index (χ0) is 27.7. The lowest BCUT2D eigenvalue weighted by molar-refractivity contribution is -0.137. The molecule has 1 atom stereocenters. The average molecular weight is 545 g/mol. The summed E-state index contributed by atoms with van der Waals surface area (Å²) in [4.78, 5) is 26.1. The number of amides is 1. The number of aromatic nitrogens is 1. The highest BCUT2D eigenvalue weighted by Gasteiger charge is 2.32. The van der Waals surface area contributed by atoms with Crippen molar-refractivity contribution < 1.29 is 26.4 Å². The Morgan fingerprint density at radius 2 is 1.82 bits per heavy atom. The highest BCUT2D eigenvalue weighted by Crippen LogP contribution is 2.36. The molecular weight excluding hydrogens is 517 g/mol. The number of benzene rings is 2. The van der Waals surface area contributed by atoms with Gasteiger partial charge in [0.2, 0.25) is 0 Å². The molecule has 0 bridgehead atoms. The standard InChI is InChI=1S/C28H27F3N2O4S/c1-3-23(15-19-8-9-19)38(36,37)24-12-10-20(11-13-24)17-32-26(34)25-14-7-18(2)33(27(25)35)22-6-4-5-21(16-22)28(29,30)31/h3-7,10-14,16,19,23H,1,8-9,15,17H2,2H3,(H,32,34). The predicted octanol–water partition coefficient (Wildman–Crippen LogP) is 5.22. The highest BCUT2D eigenvalue weighted by molar-refractivity contribution is 7.92. The number of alkyl halides is 3. The van der Waals surface area contributed by atoms with Crippen molar-refractivity contribution >= 4 is 15.7 Å². The summed E-state index contributed by atoms with van der Waals surface area (Å²) in [5.74, 6) is -0.286. The van der Waals surface area contributed by atoms with Crippen molar-refractivity contribution in [2.24, 2.45) is 5.92 Å². The van der Waals surface area contributed by atoms with E-state index in [9.17, 15) is 31.2 Å². The van der Waals surface area contributed by atoms with Gasteiger partial charge in [0.15, 0.2) is 9.84 Å². The number of carbonyl (C=O) groups excluding carboxylic acids is 1. The normalized spacial score (nSPS) is 14.6. The van der Waals surface area contributed by atoms with Crippen molar-refractivity contribution in [3.05, 3.63) is 106 Å². The van der Waals surface area contributed by atoms with Gasteiger partial charge in [-0.05, 0) is 67.3 Å². The lowest BCUT2D eigenvalue weighted by atomic mass is 10.1. The number of carbonyl (C=O) groups is 1. The van der Waals surface area contributed by atoms with Crippen molar-refractivity contribution in [2.45, 2.75) is 49.1 Å². The third-order valence-electron chi connectivity index (χ3n) is 6.58. The molecule has 0 aliphatic heterocycles. The Labute approximate surface area is 218 Å². The number of sulfone groups is 1. The van der Waals surface area contributed by atoms with E-state index in [0.29, 0.717) is 23.6 Å². The molecule has 0 spiro atoms. The van der Waals surface area contributed by atoms with Crippen LogP contribution in [-0.2, 0) is 22.6 Å². The van der Waals surface area contributed by atoms with Crippen LogP contribution in [0.25, 0.3) is 5.69 Å². The van der Waals surface area contributed by atoms with Crippen LogP contribution in [0.3, 0.4) is 0 Å². The Balaban J connectivity index is 1.50. The molecule has 1 aliphatic rings. The summed E-state index contributed by atoms with van der Waals surface area (Å²) in [6.45, 7) is 5.25. The van der Waals surface area contributed by atoms with Crippen LogP contribution in [0.5, 0.6) is 0 Å². The van der Waals surface area contributed by atoms with Gasteiger partial charge in [0.25, 0.3) is 11.5 Å². The van der Waals surface area contributed by atoms with Gasteiger partial charge in [-0.1, -0.05) is 37.1 Å². The van der Waals surface area contributed by atoms with Crippen LogP contribution in [0.2, 0.25) is 0 Å². The van der Waals surface area contributed by atoms with Crippen molar-refractivity contribution in [3.63, 3.8) is 0 Å². The summed E-state index contributed by atoms with van der Waals surface area (Å²) < 4.78 is 66.4. The highest BCUT2D eigenvalue weighted by atomic mass is 32.2. The van der Waals surface area contributed by atoms with E-state index in [2.05, 4.69) is 11.9 Å². The molecule has 6 nitrogen and oxygen atoms in total. The lowest BCUT2D eigenvalue weighted by Crippen LogP contribution is -2.33. The van der Waals surface area contributed by atoms with Crippen LogP contribution < -0.4 is 10.9 Å². The molecule has 200 valence electrons. The Morgan fingerprint density at radius 1 is 1.13 bits per heavy atom. The van der Waals surface area contributed by atoms with Gasteiger partial charge < -0.3 is 5.32 Å². The average Bonchev–Trinajstić information content (AvgIpc) is 3.70. The van der Waals surface area contributed by atoms with E-state index in [4.69, 9.17) is 0 Å². The first-order valence-electron chi connectivity index (χ1n) is 12.1. The zero-order valence-corrected chi connectivity index (χ0v) is 21.5. The monoisotopic (exact) mass is 544 g/mol. The van der Waals surface area contributed by atoms with E-state index in [1.165, 1.54) is 42.5 Å². The van der Waals surface area contributed by atoms with Crippen LogP contribution >= 0.6 is 0 Å². The van der Waals surface area contributed by atoms with Crippen LogP contribution in [0.1, 0.15) is 46.4 Å². The Morgan fingerprint density at radius 3 is 2.42 bits per heavy atom. The van der Waals surface area contributed by atoms with Crippen molar-refractivity contribution in [1.82, 2.24) is 9.88 Å². The van der Waals surface area contributed by atoms with Gasteiger partial charge in [-0.25, -0.2) is 8.42 Å². The second-order valence-corrected chi connectivity index (χ2v) is 11.6. The summed E-state index contributed by atoms with van der Waals surface area (Å²) in [6, 6.07) is 13.2. The molecule has 1 N–H and O–H groups in total. The quantitative estimate of drug-likeness (QED) is 0.374. The fourth-order valence-electron chi connectivity index (χ4n) is 4.23. The number of nitrogens with zero attached hydrogens (tertiary/aromatic N) is 1. The molecule has 1 heterocycles. The van der Waals surface area contributed by atoms with Gasteiger partial charge >= 0.3 is 6.18 Å². The van der Waals surface area contributed by atoms with E-state index < -0.39 is 38.3 Å². The van der Waals surface area contributed by atoms with Crippen molar-refractivity contribution in [1.29, 1.82) is 0 Å². The minimum absolute atomic E-state index is 0.00622. The van der Waals surface area contributed by atoms with Gasteiger partial charge in [0.05, 0.1) is 15.7 Å². The zero-order valence-electron chi connectivity index (χ0n) is 20.7. The Kier molecular flexibility index (Phi) is 7.64. The summed E-state index contributed by atoms with van der Waals surface area (Å²) in [7, 11) is -3.57. The molecule has 4 rings (SSSR count). The predicted molar refractivity (Wildman–Crippen MR) is 138 cm³/mol. The third kappa shape index (κ3) is 5.91. The van der Waals surface area contributed by atoms with E-state index >= 15 is 0 Å². The Bertz CT molecular complexity index is 1520. The SMILES string of the molecule is C=CC(CC1CC1)S(=O)(=O)c1ccc(CNC(=O)c2ccc(C)n(-c3cccc(C(F)(F)F)c3)c2=O)cc1. The molecule has 1 unspecified atom stereocenters. The number of aryl methyl sites for hydroxylation is 1. The van der Waals surface area contributed by atoms with Gasteiger partial charge in [0.1, 0.15) is 5.56 Å². The van der Waals surface area contributed by atoms with Crippen LogP contribution in [-0.4, -0.2) is 24.1 Å². The fraction of sp³-hybridized carbons (Fsp3) is 0.286. The topological polar surface area (TPSA) is 85.2 Å². The van der Waals surface area contributed by atoms with E-state index in [0.717, 1.165) is 29.5 Å². The maximum absolute atomic E-state index is 13.2.